The summed E-state index contributed by atoms with van der Waals surface area (Å²) >= 11 is 23.5. The third kappa shape index (κ3) is 4.07. The van der Waals surface area contributed by atoms with Crippen molar-refractivity contribution >= 4 is 68.1 Å². The van der Waals surface area contributed by atoms with E-state index in [1.807, 2.05) is 0 Å². The Labute approximate surface area is 158 Å². The van der Waals surface area contributed by atoms with E-state index in [0.29, 0.717) is 4.31 Å². The minimum Gasteiger partial charge on any atom is -0.480 e. The molecule has 1 N–H and O–H groups in total. The van der Waals surface area contributed by atoms with Gasteiger partial charge in [0.15, 0.2) is 0 Å². The first-order valence-corrected chi connectivity index (χ1v) is 9.23. The summed E-state index contributed by atoms with van der Waals surface area (Å²) in [4.78, 5) is 10.9. The SMILES string of the molecule is O=C(O)CN(c1ccc(Cl)cc1Cl)S(=O)(=O)c1ccc(Cl)c(Cl)c1. The predicted molar refractivity (Wildman–Crippen MR) is 95.1 cm³/mol. The monoisotopic (exact) mass is 427 g/mol. The van der Waals surface area contributed by atoms with Gasteiger partial charge < -0.3 is 5.11 Å². The van der Waals surface area contributed by atoms with Crippen LogP contribution in [0.2, 0.25) is 20.1 Å². The fourth-order valence-corrected chi connectivity index (χ4v) is 4.25. The number of carboxylic acid groups (broad SMARTS) is 1. The molecular formula is C14H9Cl4NO4S. The molecule has 0 amide bonds. The van der Waals surface area contributed by atoms with Gasteiger partial charge in [-0.25, -0.2) is 8.42 Å². The molecule has 10 heteroatoms. The standard InChI is InChI=1S/C14H9Cl4NO4S/c15-8-1-4-13(12(18)5-8)19(7-14(20)21)24(22,23)9-2-3-10(16)11(17)6-9/h1-6H,7H2,(H,20,21). The van der Waals surface area contributed by atoms with Crippen LogP contribution in [0.15, 0.2) is 41.3 Å². The molecule has 0 saturated carbocycles. The van der Waals surface area contributed by atoms with Crippen LogP contribution in [0, 0.1) is 0 Å². The molecule has 2 aromatic carbocycles. The van der Waals surface area contributed by atoms with E-state index < -0.39 is 22.5 Å². The molecule has 2 rings (SSSR count). The lowest BCUT2D eigenvalue weighted by atomic mass is 10.3. The molecular weight excluding hydrogens is 420 g/mol. The fraction of sp³-hybridized carbons (Fsp3) is 0.0714. The average Bonchev–Trinajstić information content (AvgIpc) is 2.48. The van der Waals surface area contributed by atoms with Gasteiger partial charge in [0.25, 0.3) is 10.0 Å². The Morgan fingerprint density at radius 3 is 2.17 bits per heavy atom. The summed E-state index contributed by atoms with van der Waals surface area (Å²) in [5, 5.41) is 9.55. The minimum absolute atomic E-state index is 0.00705. The number of nitrogens with zero attached hydrogens (tertiary/aromatic N) is 1. The largest absolute Gasteiger partial charge is 0.480 e. The summed E-state index contributed by atoms with van der Waals surface area (Å²) < 4.78 is 26.3. The molecule has 0 atom stereocenters. The highest BCUT2D eigenvalue weighted by Crippen LogP contribution is 2.34. The van der Waals surface area contributed by atoms with Crippen LogP contribution in [-0.2, 0) is 14.8 Å². The van der Waals surface area contributed by atoms with Gasteiger partial charge in [-0.3, -0.25) is 9.10 Å². The van der Waals surface area contributed by atoms with Gasteiger partial charge in [-0.2, -0.15) is 0 Å². The van der Waals surface area contributed by atoms with E-state index in [9.17, 15) is 13.2 Å². The van der Waals surface area contributed by atoms with Crippen LogP contribution in [0.3, 0.4) is 0 Å². The lowest BCUT2D eigenvalue weighted by Gasteiger charge is -2.24. The summed E-state index contributed by atoms with van der Waals surface area (Å²) in [7, 11) is -4.24. The first-order chi connectivity index (χ1) is 11.1. The first-order valence-electron chi connectivity index (χ1n) is 6.27. The third-order valence-corrected chi connectivity index (χ3v) is 5.97. The van der Waals surface area contributed by atoms with Gasteiger partial charge in [-0.15, -0.1) is 0 Å². The van der Waals surface area contributed by atoms with E-state index in [4.69, 9.17) is 51.5 Å². The van der Waals surface area contributed by atoms with Crippen molar-refractivity contribution in [1.29, 1.82) is 0 Å². The average molecular weight is 429 g/mol. The summed E-state index contributed by atoms with van der Waals surface area (Å²) in [5.74, 6) is -1.36. The lowest BCUT2D eigenvalue weighted by Crippen LogP contribution is -2.36. The molecule has 0 aliphatic heterocycles. The van der Waals surface area contributed by atoms with Gasteiger partial charge in [0, 0.05) is 5.02 Å². The molecule has 0 radical (unpaired) electrons. The topological polar surface area (TPSA) is 74.7 Å². The van der Waals surface area contributed by atoms with E-state index in [-0.39, 0.29) is 30.7 Å². The maximum absolute atomic E-state index is 12.8. The van der Waals surface area contributed by atoms with Crippen LogP contribution in [0.5, 0.6) is 0 Å². The van der Waals surface area contributed by atoms with E-state index >= 15 is 0 Å². The van der Waals surface area contributed by atoms with E-state index in [2.05, 4.69) is 0 Å². The molecule has 0 saturated heterocycles. The summed E-state index contributed by atoms with van der Waals surface area (Å²) in [6.45, 7) is -0.829. The van der Waals surface area contributed by atoms with Crippen LogP contribution in [0.25, 0.3) is 0 Å². The Morgan fingerprint density at radius 1 is 0.958 bits per heavy atom. The van der Waals surface area contributed by atoms with Crippen molar-refractivity contribution in [2.75, 3.05) is 10.8 Å². The molecule has 0 aromatic heterocycles. The van der Waals surface area contributed by atoms with Crippen LogP contribution in [0.4, 0.5) is 5.69 Å². The Morgan fingerprint density at radius 2 is 1.62 bits per heavy atom. The molecule has 0 fully saturated rings. The second-order valence-electron chi connectivity index (χ2n) is 4.58. The van der Waals surface area contributed by atoms with E-state index in [1.165, 1.54) is 30.3 Å². The number of rotatable bonds is 5. The number of hydrogen-bond acceptors (Lipinski definition) is 3. The highest BCUT2D eigenvalue weighted by atomic mass is 35.5. The first kappa shape index (κ1) is 19.1. The van der Waals surface area contributed by atoms with Crippen molar-refractivity contribution in [2.45, 2.75) is 4.90 Å². The number of aliphatic carboxylic acids is 1. The maximum Gasteiger partial charge on any atom is 0.324 e. The lowest BCUT2D eigenvalue weighted by molar-refractivity contribution is -0.135. The van der Waals surface area contributed by atoms with E-state index in [1.54, 1.807) is 0 Å². The highest BCUT2D eigenvalue weighted by molar-refractivity contribution is 7.92. The zero-order chi connectivity index (χ0) is 18.1. The molecule has 2 aromatic rings. The molecule has 0 unspecified atom stereocenters. The Bertz CT molecular complexity index is 902. The molecule has 0 aliphatic carbocycles. The molecule has 0 spiro atoms. The molecule has 0 aliphatic rings. The number of halogens is 4. The van der Waals surface area contributed by atoms with Gasteiger partial charge in [0.1, 0.15) is 6.54 Å². The van der Waals surface area contributed by atoms with Crippen molar-refractivity contribution in [3.8, 4) is 0 Å². The minimum atomic E-state index is -4.24. The van der Waals surface area contributed by atoms with Crippen LogP contribution in [0.1, 0.15) is 0 Å². The highest BCUT2D eigenvalue weighted by Gasteiger charge is 2.29. The van der Waals surface area contributed by atoms with Crippen molar-refractivity contribution in [1.82, 2.24) is 0 Å². The Hall–Kier alpha value is -1.18. The molecule has 5 nitrogen and oxygen atoms in total. The number of carboxylic acids is 1. The van der Waals surface area contributed by atoms with Gasteiger partial charge >= 0.3 is 5.97 Å². The summed E-state index contributed by atoms with van der Waals surface area (Å²) in [6.07, 6.45) is 0. The van der Waals surface area contributed by atoms with Crippen molar-refractivity contribution < 1.29 is 18.3 Å². The van der Waals surface area contributed by atoms with Gasteiger partial charge in [0.2, 0.25) is 0 Å². The number of anilines is 1. The second-order valence-corrected chi connectivity index (χ2v) is 8.10. The molecule has 24 heavy (non-hydrogen) atoms. The van der Waals surface area contributed by atoms with Gasteiger partial charge in [0.05, 0.1) is 25.7 Å². The number of sulfonamides is 1. The molecule has 128 valence electrons. The van der Waals surface area contributed by atoms with Crippen LogP contribution >= 0.6 is 46.4 Å². The summed E-state index contributed by atoms with van der Waals surface area (Å²) in [5.41, 5.74) is -0.0189. The Balaban J connectivity index is 2.61. The third-order valence-electron chi connectivity index (χ3n) is 2.94. The van der Waals surface area contributed by atoms with Gasteiger partial charge in [-0.05, 0) is 36.4 Å². The number of benzene rings is 2. The molecule has 0 bridgehead atoms. The smallest absolute Gasteiger partial charge is 0.324 e. The van der Waals surface area contributed by atoms with Gasteiger partial charge in [-0.1, -0.05) is 46.4 Å². The maximum atomic E-state index is 12.8. The number of carbonyl (C=O) groups is 1. The quantitative estimate of drug-likeness (QED) is 0.756. The second kappa shape index (κ2) is 7.37. The van der Waals surface area contributed by atoms with E-state index in [0.717, 1.165) is 6.07 Å². The zero-order valence-electron chi connectivity index (χ0n) is 11.7. The summed E-state index contributed by atoms with van der Waals surface area (Å²) in [6, 6.07) is 7.71. The molecule has 0 heterocycles. The van der Waals surface area contributed by atoms with Crippen LogP contribution < -0.4 is 4.31 Å². The fourth-order valence-electron chi connectivity index (χ4n) is 1.87. The van der Waals surface area contributed by atoms with Crippen molar-refractivity contribution in [3.63, 3.8) is 0 Å². The van der Waals surface area contributed by atoms with Crippen molar-refractivity contribution in [3.05, 3.63) is 56.5 Å². The van der Waals surface area contributed by atoms with Crippen molar-refractivity contribution in [2.24, 2.45) is 0 Å². The zero-order valence-corrected chi connectivity index (χ0v) is 15.6. The normalized spacial score (nSPS) is 11.3. The van der Waals surface area contributed by atoms with Crippen LogP contribution in [-0.4, -0.2) is 26.0 Å². The Kier molecular flexibility index (Phi) is 5.88. The predicted octanol–water partition coefficient (Wildman–Crippen LogP) is 4.58. The number of hydrogen-bond donors (Lipinski definition) is 1.